The van der Waals surface area contributed by atoms with Crippen LogP contribution in [0.3, 0.4) is 0 Å². The van der Waals surface area contributed by atoms with Crippen molar-refractivity contribution in [2.75, 3.05) is 11.1 Å². The zero-order valence-electron chi connectivity index (χ0n) is 8.66. The number of hydrogen-bond donors (Lipinski definition) is 2. The van der Waals surface area contributed by atoms with Gasteiger partial charge >= 0.3 is 5.69 Å². The highest BCUT2D eigenvalue weighted by Crippen LogP contribution is 2.22. The van der Waals surface area contributed by atoms with Crippen LogP contribution in [0.2, 0.25) is 0 Å². The van der Waals surface area contributed by atoms with Crippen LogP contribution in [0.25, 0.3) is 0 Å². The minimum Gasteiger partial charge on any atom is -0.368 e. The van der Waals surface area contributed by atoms with Gasteiger partial charge in [-0.1, -0.05) is 6.07 Å². The van der Waals surface area contributed by atoms with Crippen molar-refractivity contribution in [3.63, 3.8) is 0 Å². The molecular weight excluding hydrogens is 242 g/mol. The van der Waals surface area contributed by atoms with Crippen LogP contribution in [0.5, 0.6) is 0 Å². The maximum Gasteiger partial charge on any atom is 0.329 e. The van der Waals surface area contributed by atoms with E-state index in [1.807, 2.05) is 17.5 Å². The van der Waals surface area contributed by atoms with Crippen molar-refractivity contribution >= 4 is 28.8 Å². The SMILES string of the molecule is Nc1ncc([N+](=O)[O-])c(NCc2cccs2)n1. The second-order valence-corrected chi connectivity index (χ2v) is 4.18. The number of nitro groups is 1. The lowest BCUT2D eigenvalue weighted by atomic mass is 10.4. The summed E-state index contributed by atoms with van der Waals surface area (Å²) in [6.07, 6.45) is 1.10. The van der Waals surface area contributed by atoms with E-state index in [9.17, 15) is 10.1 Å². The molecule has 17 heavy (non-hydrogen) atoms. The Bertz CT molecular complexity index is 528. The largest absolute Gasteiger partial charge is 0.368 e. The predicted molar refractivity (Wildman–Crippen MR) is 64.7 cm³/mol. The molecule has 0 aliphatic carbocycles. The zero-order valence-corrected chi connectivity index (χ0v) is 9.48. The Morgan fingerprint density at radius 1 is 1.59 bits per heavy atom. The third-order valence-corrected chi connectivity index (χ3v) is 2.87. The summed E-state index contributed by atoms with van der Waals surface area (Å²) in [4.78, 5) is 18.7. The van der Waals surface area contributed by atoms with E-state index in [4.69, 9.17) is 5.73 Å². The zero-order chi connectivity index (χ0) is 12.3. The summed E-state index contributed by atoms with van der Waals surface area (Å²) < 4.78 is 0. The second kappa shape index (κ2) is 4.74. The predicted octanol–water partition coefficient (Wildman–Crippen LogP) is 1.64. The van der Waals surface area contributed by atoms with E-state index >= 15 is 0 Å². The lowest BCUT2D eigenvalue weighted by Crippen LogP contribution is -2.06. The van der Waals surface area contributed by atoms with Crippen LogP contribution >= 0.6 is 11.3 Å². The Morgan fingerprint density at radius 2 is 2.41 bits per heavy atom. The monoisotopic (exact) mass is 251 g/mol. The van der Waals surface area contributed by atoms with Crippen molar-refractivity contribution in [2.45, 2.75) is 6.54 Å². The van der Waals surface area contributed by atoms with E-state index in [0.29, 0.717) is 6.54 Å². The number of rotatable bonds is 4. The van der Waals surface area contributed by atoms with Gasteiger partial charge in [0, 0.05) is 4.88 Å². The number of nitrogen functional groups attached to an aromatic ring is 1. The van der Waals surface area contributed by atoms with E-state index in [2.05, 4.69) is 15.3 Å². The van der Waals surface area contributed by atoms with Crippen molar-refractivity contribution in [1.29, 1.82) is 0 Å². The summed E-state index contributed by atoms with van der Waals surface area (Å²) in [5, 5.41) is 15.5. The average molecular weight is 251 g/mol. The molecule has 8 heteroatoms. The smallest absolute Gasteiger partial charge is 0.329 e. The minimum absolute atomic E-state index is 0.00396. The number of thiophene rings is 1. The first-order chi connectivity index (χ1) is 8.16. The number of aromatic nitrogens is 2. The van der Waals surface area contributed by atoms with Gasteiger partial charge < -0.3 is 11.1 Å². The van der Waals surface area contributed by atoms with Gasteiger partial charge in [0.25, 0.3) is 0 Å². The van der Waals surface area contributed by atoms with E-state index in [1.54, 1.807) is 11.3 Å². The normalized spacial score (nSPS) is 10.1. The van der Waals surface area contributed by atoms with Crippen LogP contribution in [0.1, 0.15) is 4.88 Å². The summed E-state index contributed by atoms with van der Waals surface area (Å²) in [7, 11) is 0. The quantitative estimate of drug-likeness (QED) is 0.631. The molecule has 0 saturated carbocycles. The first-order valence-electron chi connectivity index (χ1n) is 4.70. The molecule has 0 amide bonds. The average Bonchev–Trinajstić information content (AvgIpc) is 2.78. The van der Waals surface area contributed by atoms with Gasteiger partial charge in [0.15, 0.2) is 0 Å². The van der Waals surface area contributed by atoms with Crippen molar-refractivity contribution in [1.82, 2.24) is 9.97 Å². The third kappa shape index (κ3) is 2.67. The number of nitrogens with one attached hydrogen (secondary N) is 1. The highest BCUT2D eigenvalue weighted by Gasteiger charge is 2.16. The molecule has 0 saturated heterocycles. The van der Waals surface area contributed by atoms with Gasteiger partial charge in [-0.25, -0.2) is 4.98 Å². The Hall–Kier alpha value is -2.22. The van der Waals surface area contributed by atoms with Crippen LogP contribution in [0.4, 0.5) is 17.5 Å². The molecule has 88 valence electrons. The molecule has 2 aromatic rings. The first kappa shape index (κ1) is 11.3. The van der Waals surface area contributed by atoms with Crippen LogP contribution in [0.15, 0.2) is 23.7 Å². The molecule has 2 aromatic heterocycles. The fourth-order valence-electron chi connectivity index (χ4n) is 1.24. The maximum absolute atomic E-state index is 10.7. The van der Waals surface area contributed by atoms with Crippen LogP contribution < -0.4 is 11.1 Å². The molecule has 2 rings (SSSR count). The van der Waals surface area contributed by atoms with E-state index in [0.717, 1.165) is 11.1 Å². The fraction of sp³-hybridized carbons (Fsp3) is 0.111. The number of nitrogens with two attached hydrogens (primary N) is 1. The fourth-order valence-corrected chi connectivity index (χ4v) is 1.88. The topological polar surface area (TPSA) is 107 Å². The summed E-state index contributed by atoms with van der Waals surface area (Å²) in [6.45, 7) is 0.467. The van der Waals surface area contributed by atoms with Crippen molar-refractivity contribution < 1.29 is 4.92 Å². The molecule has 0 aromatic carbocycles. The second-order valence-electron chi connectivity index (χ2n) is 3.15. The van der Waals surface area contributed by atoms with E-state index < -0.39 is 4.92 Å². The molecule has 3 N–H and O–H groups in total. The van der Waals surface area contributed by atoms with Crippen molar-refractivity contribution in [3.8, 4) is 0 Å². The first-order valence-corrected chi connectivity index (χ1v) is 5.58. The van der Waals surface area contributed by atoms with Gasteiger partial charge in [-0.15, -0.1) is 11.3 Å². The summed E-state index contributed by atoms with van der Waals surface area (Å²) in [5.41, 5.74) is 5.21. The molecule has 0 unspecified atom stereocenters. The molecule has 0 atom stereocenters. The Kier molecular flexibility index (Phi) is 3.15. The van der Waals surface area contributed by atoms with Gasteiger partial charge in [0.1, 0.15) is 6.20 Å². The molecule has 0 spiro atoms. The standard InChI is InChI=1S/C9H9N5O2S/c10-9-12-5-7(14(15)16)8(13-9)11-4-6-2-1-3-17-6/h1-3,5H,4H2,(H3,10,11,12,13). The van der Waals surface area contributed by atoms with Crippen molar-refractivity contribution in [2.24, 2.45) is 0 Å². The van der Waals surface area contributed by atoms with Gasteiger partial charge in [0.05, 0.1) is 11.5 Å². The number of nitrogens with zero attached hydrogens (tertiary/aromatic N) is 3. The van der Waals surface area contributed by atoms with Crippen molar-refractivity contribution in [3.05, 3.63) is 38.7 Å². The highest BCUT2D eigenvalue weighted by molar-refractivity contribution is 7.09. The molecule has 7 nitrogen and oxygen atoms in total. The summed E-state index contributed by atoms with van der Waals surface area (Å²) in [5.74, 6) is 0.139. The molecule has 0 bridgehead atoms. The van der Waals surface area contributed by atoms with Gasteiger partial charge in [-0.2, -0.15) is 4.98 Å². The molecule has 0 radical (unpaired) electrons. The summed E-state index contributed by atoms with van der Waals surface area (Å²) >= 11 is 1.55. The maximum atomic E-state index is 10.7. The lowest BCUT2D eigenvalue weighted by molar-refractivity contribution is -0.384. The number of hydrogen-bond acceptors (Lipinski definition) is 7. The molecule has 2 heterocycles. The Labute approximate surface area is 100 Å². The highest BCUT2D eigenvalue weighted by atomic mass is 32.1. The lowest BCUT2D eigenvalue weighted by Gasteiger charge is -2.04. The minimum atomic E-state index is -0.545. The van der Waals surface area contributed by atoms with Gasteiger partial charge in [-0.05, 0) is 11.4 Å². The molecular formula is C9H9N5O2S. The molecule has 0 aliphatic rings. The molecule has 0 fully saturated rings. The van der Waals surface area contributed by atoms with Gasteiger partial charge in [-0.3, -0.25) is 10.1 Å². The Balaban J connectivity index is 2.19. The Morgan fingerprint density at radius 3 is 3.06 bits per heavy atom. The van der Waals surface area contributed by atoms with Crippen LogP contribution in [0, 0.1) is 10.1 Å². The third-order valence-electron chi connectivity index (χ3n) is 1.99. The summed E-state index contributed by atoms with van der Waals surface area (Å²) in [6, 6.07) is 3.83. The van der Waals surface area contributed by atoms with Crippen LogP contribution in [-0.4, -0.2) is 14.9 Å². The van der Waals surface area contributed by atoms with E-state index in [1.165, 1.54) is 0 Å². The number of anilines is 2. The van der Waals surface area contributed by atoms with E-state index in [-0.39, 0.29) is 17.5 Å². The van der Waals surface area contributed by atoms with Crippen LogP contribution in [-0.2, 0) is 6.54 Å². The van der Waals surface area contributed by atoms with Gasteiger partial charge in [0.2, 0.25) is 11.8 Å². The molecule has 0 aliphatic heterocycles.